The van der Waals surface area contributed by atoms with Crippen LogP contribution >= 0.6 is 0 Å². The van der Waals surface area contributed by atoms with Crippen molar-refractivity contribution in [2.75, 3.05) is 0 Å². The van der Waals surface area contributed by atoms with Gasteiger partial charge < -0.3 is 10.3 Å². The van der Waals surface area contributed by atoms with Gasteiger partial charge >= 0.3 is 0 Å². The monoisotopic (exact) mass is 233 g/mol. The number of nitrogens with two attached hydrogens (primary N) is 1. The second kappa shape index (κ2) is 6.68. The Morgan fingerprint density at radius 3 is 2.94 bits per heavy atom. The van der Waals surface area contributed by atoms with Crippen molar-refractivity contribution < 1.29 is 4.79 Å². The van der Waals surface area contributed by atoms with Gasteiger partial charge in [0.05, 0.1) is 12.7 Å². The minimum absolute atomic E-state index is 0.231. The lowest BCUT2D eigenvalue weighted by Gasteiger charge is -2.07. The van der Waals surface area contributed by atoms with Crippen LogP contribution in [0.3, 0.4) is 0 Å². The molecule has 92 valence electrons. The van der Waals surface area contributed by atoms with Gasteiger partial charge in [0.15, 0.2) is 0 Å². The zero-order valence-corrected chi connectivity index (χ0v) is 10.4. The average molecular weight is 233 g/mol. The Kier molecular flexibility index (Phi) is 5.20. The highest BCUT2D eigenvalue weighted by atomic mass is 16.1. The Morgan fingerprint density at radius 2 is 2.35 bits per heavy atom. The van der Waals surface area contributed by atoms with E-state index >= 15 is 0 Å². The fourth-order valence-electron chi connectivity index (χ4n) is 1.52. The number of amides is 1. The van der Waals surface area contributed by atoms with Gasteiger partial charge in [0.2, 0.25) is 5.91 Å². The normalized spacial score (nSPS) is 12.2. The van der Waals surface area contributed by atoms with Crippen molar-refractivity contribution in [1.29, 1.82) is 0 Å². The lowest BCUT2D eigenvalue weighted by atomic mass is 10.2. The fourth-order valence-corrected chi connectivity index (χ4v) is 1.52. The van der Waals surface area contributed by atoms with E-state index in [1.54, 1.807) is 12.5 Å². The number of imidazole rings is 1. The average Bonchev–Trinajstić information content (AvgIpc) is 2.70. The summed E-state index contributed by atoms with van der Waals surface area (Å²) in [6.45, 7) is 4.81. The van der Waals surface area contributed by atoms with E-state index in [0.29, 0.717) is 0 Å². The molecule has 0 saturated carbocycles. The molecule has 1 aromatic rings. The van der Waals surface area contributed by atoms with Crippen LogP contribution in [0, 0.1) is 0 Å². The topological polar surface area (TPSA) is 60.9 Å². The van der Waals surface area contributed by atoms with Crippen molar-refractivity contribution >= 4 is 5.91 Å². The molecule has 0 aromatic carbocycles. The quantitative estimate of drug-likeness (QED) is 0.762. The molecule has 0 unspecified atom stereocenters. The molecule has 0 aliphatic carbocycles. The lowest BCUT2D eigenvalue weighted by Crippen LogP contribution is -2.16. The highest BCUT2D eigenvalue weighted by Crippen LogP contribution is 2.07. The third-order valence-electron chi connectivity index (χ3n) is 2.45. The summed E-state index contributed by atoms with van der Waals surface area (Å²) in [6.07, 6.45) is 10.9. The van der Waals surface area contributed by atoms with Gasteiger partial charge in [-0.05, 0) is 18.9 Å². The number of hydrogen-bond acceptors (Lipinski definition) is 2. The first-order valence-corrected chi connectivity index (χ1v) is 5.76. The van der Waals surface area contributed by atoms with E-state index in [-0.39, 0.29) is 12.3 Å². The Morgan fingerprint density at radius 1 is 1.59 bits per heavy atom. The first kappa shape index (κ1) is 13.2. The van der Waals surface area contributed by atoms with Gasteiger partial charge in [-0.2, -0.15) is 0 Å². The summed E-state index contributed by atoms with van der Waals surface area (Å²) in [5.41, 5.74) is 7.23. The minimum Gasteiger partial charge on any atom is -0.369 e. The molecule has 0 saturated heterocycles. The number of primary amides is 1. The second-order valence-corrected chi connectivity index (χ2v) is 3.83. The number of allylic oxidation sites excluding steroid dienone is 4. The molecule has 0 radical (unpaired) electrons. The molecule has 1 amide bonds. The van der Waals surface area contributed by atoms with Crippen LogP contribution in [0.1, 0.15) is 26.0 Å². The zero-order valence-electron chi connectivity index (χ0n) is 10.4. The van der Waals surface area contributed by atoms with Crippen LogP contribution in [-0.4, -0.2) is 15.5 Å². The van der Waals surface area contributed by atoms with E-state index in [1.807, 2.05) is 11.5 Å². The molecule has 0 aliphatic rings. The highest BCUT2D eigenvalue weighted by Gasteiger charge is 2.05. The van der Waals surface area contributed by atoms with Gasteiger partial charge in [-0.3, -0.25) is 4.79 Å². The second-order valence-electron chi connectivity index (χ2n) is 3.83. The summed E-state index contributed by atoms with van der Waals surface area (Å²) >= 11 is 0. The Bertz CT molecular complexity index is 430. The molecule has 0 spiro atoms. The molecule has 1 heterocycles. The number of aromatic nitrogens is 2. The maximum Gasteiger partial charge on any atom is 0.223 e. The molecular formula is C13H19N3O. The summed E-state index contributed by atoms with van der Waals surface area (Å²) in [5.74, 6) is -0.335. The summed E-state index contributed by atoms with van der Waals surface area (Å²) in [6, 6.07) is 0. The van der Waals surface area contributed by atoms with Gasteiger partial charge in [0.25, 0.3) is 0 Å². The Hall–Kier alpha value is -1.84. The molecule has 0 fully saturated rings. The van der Waals surface area contributed by atoms with E-state index in [0.717, 1.165) is 18.7 Å². The summed E-state index contributed by atoms with van der Waals surface area (Å²) in [5, 5.41) is 0. The molecule has 4 nitrogen and oxygen atoms in total. The van der Waals surface area contributed by atoms with Crippen LogP contribution in [-0.2, 0) is 17.8 Å². The van der Waals surface area contributed by atoms with Gasteiger partial charge in [-0.1, -0.05) is 25.2 Å². The predicted octanol–water partition coefficient (Wildman–Crippen LogP) is 1.82. The summed E-state index contributed by atoms with van der Waals surface area (Å²) < 4.78 is 1.94. The number of hydrogen-bond donors (Lipinski definition) is 1. The van der Waals surface area contributed by atoms with Crippen molar-refractivity contribution in [2.45, 2.75) is 33.2 Å². The van der Waals surface area contributed by atoms with E-state index in [9.17, 15) is 4.79 Å². The van der Waals surface area contributed by atoms with Crippen LogP contribution in [0.25, 0.3) is 0 Å². The van der Waals surface area contributed by atoms with Gasteiger partial charge in [0, 0.05) is 18.4 Å². The Balaban J connectivity index is 2.76. The van der Waals surface area contributed by atoms with Gasteiger partial charge in [-0.15, -0.1) is 0 Å². The van der Waals surface area contributed by atoms with Crippen molar-refractivity contribution in [1.82, 2.24) is 9.55 Å². The van der Waals surface area contributed by atoms with E-state index in [4.69, 9.17) is 5.73 Å². The highest BCUT2D eigenvalue weighted by molar-refractivity contribution is 5.76. The molecular weight excluding hydrogens is 214 g/mol. The van der Waals surface area contributed by atoms with Crippen molar-refractivity contribution in [3.8, 4) is 0 Å². The Labute approximate surface area is 102 Å². The van der Waals surface area contributed by atoms with Crippen LogP contribution < -0.4 is 5.73 Å². The molecule has 17 heavy (non-hydrogen) atoms. The van der Waals surface area contributed by atoms with Crippen LogP contribution in [0.15, 0.2) is 36.3 Å². The fraction of sp³-hybridized carbons (Fsp3) is 0.385. The molecule has 1 rings (SSSR count). The van der Waals surface area contributed by atoms with Crippen LogP contribution in [0.4, 0.5) is 0 Å². The largest absolute Gasteiger partial charge is 0.369 e. The van der Waals surface area contributed by atoms with Crippen molar-refractivity contribution in [3.63, 3.8) is 0 Å². The maximum atomic E-state index is 10.9. The smallest absolute Gasteiger partial charge is 0.223 e. The maximum absolute atomic E-state index is 10.9. The molecule has 0 atom stereocenters. The lowest BCUT2D eigenvalue weighted by molar-refractivity contribution is -0.117. The van der Waals surface area contributed by atoms with E-state index in [1.165, 1.54) is 5.57 Å². The molecule has 2 N–H and O–H groups in total. The molecule has 1 aromatic heterocycles. The number of nitrogens with zero attached hydrogens (tertiary/aromatic N) is 2. The van der Waals surface area contributed by atoms with E-state index in [2.05, 4.69) is 30.1 Å². The zero-order chi connectivity index (χ0) is 12.7. The summed E-state index contributed by atoms with van der Waals surface area (Å²) in [4.78, 5) is 14.9. The van der Waals surface area contributed by atoms with Gasteiger partial charge in [0.1, 0.15) is 0 Å². The number of rotatable bonds is 6. The van der Waals surface area contributed by atoms with E-state index < -0.39 is 0 Å². The van der Waals surface area contributed by atoms with Gasteiger partial charge in [-0.25, -0.2) is 4.98 Å². The molecule has 4 heteroatoms. The first-order chi connectivity index (χ1) is 8.17. The SMILES string of the molecule is C/C=C(\C=C/CC)Cn1cncc1CC(N)=O. The number of carbonyl (C=O) groups is 1. The molecule has 0 bridgehead atoms. The minimum atomic E-state index is -0.335. The standard InChI is InChI=1S/C13H19N3O/c1-3-5-6-11(4-2)9-16-10-15-8-12(16)7-13(14)17/h4-6,8,10H,3,7,9H2,1-2H3,(H2,14,17)/b6-5-,11-4+. The van der Waals surface area contributed by atoms with Crippen molar-refractivity contribution in [2.24, 2.45) is 5.73 Å². The predicted molar refractivity (Wildman–Crippen MR) is 68.3 cm³/mol. The number of carbonyl (C=O) groups excluding carboxylic acids is 1. The third-order valence-corrected chi connectivity index (χ3v) is 2.45. The van der Waals surface area contributed by atoms with Crippen molar-refractivity contribution in [3.05, 3.63) is 42.0 Å². The van der Waals surface area contributed by atoms with Crippen LogP contribution in [0.5, 0.6) is 0 Å². The summed E-state index contributed by atoms with van der Waals surface area (Å²) in [7, 11) is 0. The first-order valence-electron chi connectivity index (χ1n) is 5.76. The molecule has 0 aliphatic heterocycles. The third kappa shape index (κ3) is 4.26. The van der Waals surface area contributed by atoms with Crippen LogP contribution in [0.2, 0.25) is 0 Å².